The predicted molar refractivity (Wildman–Crippen MR) is 71.9 cm³/mol. The molecule has 1 saturated carbocycles. The number of halogens is 1. The molecule has 0 heterocycles. The van der Waals surface area contributed by atoms with Gasteiger partial charge in [-0.3, -0.25) is 4.79 Å². The van der Waals surface area contributed by atoms with Gasteiger partial charge in [0.1, 0.15) is 0 Å². The van der Waals surface area contributed by atoms with E-state index in [1.165, 1.54) is 32.1 Å². The first-order chi connectivity index (χ1) is 7.72. The summed E-state index contributed by atoms with van der Waals surface area (Å²) in [5.74, 6) is 0.248. The maximum absolute atomic E-state index is 11.8. The highest BCUT2D eigenvalue weighted by atomic mass is 79.9. The molecule has 0 bridgehead atoms. The molecule has 0 unspecified atom stereocenters. The first-order valence-electron chi connectivity index (χ1n) is 6.59. The molecule has 0 radical (unpaired) electrons. The average Bonchev–Trinajstić information content (AvgIpc) is 2.74. The van der Waals surface area contributed by atoms with E-state index < -0.39 is 0 Å². The number of hydrogen-bond acceptors (Lipinski definition) is 1. The quantitative estimate of drug-likeness (QED) is 0.561. The van der Waals surface area contributed by atoms with Gasteiger partial charge in [-0.15, -0.1) is 0 Å². The molecule has 0 aliphatic heterocycles. The lowest BCUT2D eigenvalue weighted by Gasteiger charge is -2.28. The third-order valence-electron chi connectivity index (χ3n) is 3.48. The van der Waals surface area contributed by atoms with E-state index in [0.29, 0.717) is 6.42 Å². The SMILES string of the molecule is CCCCCCC(=O)NC1(CBr)CCCC1. The number of rotatable bonds is 7. The van der Waals surface area contributed by atoms with Gasteiger partial charge < -0.3 is 5.32 Å². The lowest BCUT2D eigenvalue weighted by molar-refractivity contribution is -0.122. The summed E-state index contributed by atoms with van der Waals surface area (Å²) in [4.78, 5) is 11.8. The number of nitrogens with one attached hydrogen (secondary N) is 1. The molecular formula is C13H24BrNO. The minimum absolute atomic E-state index is 0.0713. The lowest BCUT2D eigenvalue weighted by atomic mass is 10.00. The third-order valence-corrected chi connectivity index (χ3v) is 4.55. The van der Waals surface area contributed by atoms with Crippen LogP contribution in [0.1, 0.15) is 64.7 Å². The summed E-state index contributed by atoms with van der Waals surface area (Å²) in [5.41, 5.74) is 0.0713. The molecule has 16 heavy (non-hydrogen) atoms. The van der Waals surface area contributed by atoms with Crippen molar-refractivity contribution < 1.29 is 4.79 Å². The molecule has 0 aromatic heterocycles. The van der Waals surface area contributed by atoms with E-state index in [-0.39, 0.29) is 11.4 Å². The fourth-order valence-electron chi connectivity index (χ4n) is 2.41. The lowest BCUT2D eigenvalue weighted by Crippen LogP contribution is -2.47. The van der Waals surface area contributed by atoms with Crippen LogP contribution in [0.4, 0.5) is 0 Å². The average molecular weight is 290 g/mol. The number of unbranched alkanes of at least 4 members (excludes halogenated alkanes) is 3. The summed E-state index contributed by atoms with van der Waals surface area (Å²) in [6.07, 6.45) is 10.2. The van der Waals surface area contributed by atoms with Crippen molar-refractivity contribution in [2.24, 2.45) is 0 Å². The Kier molecular flexibility index (Phi) is 6.40. The Hall–Kier alpha value is -0.0500. The van der Waals surface area contributed by atoms with Crippen molar-refractivity contribution in [3.05, 3.63) is 0 Å². The minimum atomic E-state index is 0.0713. The third kappa shape index (κ3) is 4.44. The fourth-order valence-corrected chi connectivity index (χ4v) is 3.12. The van der Waals surface area contributed by atoms with Gasteiger partial charge in [0, 0.05) is 17.3 Å². The van der Waals surface area contributed by atoms with Crippen molar-refractivity contribution in [3.63, 3.8) is 0 Å². The van der Waals surface area contributed by atoms with Gasteiger partial charge in [0.25, 0.3) is 0 Å². The summed E-state index contributed by atoms with van der Waals surface area (Å²) < 4.78 is 0. The van der Waals surface area contributed by atoms with Crippen LogP contribution in [0.5, 0.6) is 0 Å². The number of amides is 1. The molecule has 1 N–H and O–H groups in total. The van der Waals surface area contributed by atoms with Crippen LogP contribution >= 0.6 is 15.9 Å². The van der Waals surface area contributed by atoms with Crippen molar-refractivity contribution in [1.82, 2.24) is 5.32 Å². The summed E-state index contributed by atoms with van der Waals surface area (Å²) in [5, 5.41) is 4.14. The first-order valence-corrected chi connectivity index (χ1v) is 7.71. The molecule has 94 valence electrons. The number of carbonyl (C=O) groups excluding carboxylic acids is 1. The Morgan fingerprint density at radius 2 is 1.94 bits per heavy atom. The molecule has 1 aliphatic carbocycles. The summed E-state index contributed by atoms with van der Waals surface area (Å²) in [6, 6.07) is 0. The van der Waals surface area contributed by atoms with E-state index in [4.69, 9.17) is 0 Å². The minimum Gasteiger partial charge on any atom is -0.350 e. The molecule has 1 fully saturated rings. The summed E-state index contributed by atoms with van der Waals surface area (Å²) in [7, 11) is 0. The zero-order valence-electron chi connectivity index (χ0n) is 10.4. The Bertz CT molecular complexity index is 212. The van der Waals surface area contributed by atoms with Gasteiger partial charge in [0.2, 0.25) is 5.91 Å². The van der Waals surface area contributed by atoms with Crippen LogP contribution in [0.15, 0.2) is 0 Å². The van der Waals surface area contributed by atoms with Gasteiger partial charge in [-0.05, 0) is 19.3 Å². The standard InChI is InChI=1S/C13H24BrNO/c1-2-3-4-5-8-12(16)15-13(11-14)9-6-7-10-13/h2-11H2,1H3,(H,15,16). The van der Waals surface area contributed by atoms with E-state index in [9.17, 15) is 4.79 Å². The van der Waals surface area contributed by atoms with Gasteiger partial charge in [0.05, 0.1) is 0 Å². The molecule has 0 aromatic carbocycles. The monoisotopic (exact) mass is 289 g/mol. The van der Waals surface area contributed by atoms with Gasteiger partial charge in [-0.25, -0.2) is 0 Å². The highest BCUT2D eigenvalue weighted by Gasteiger charge is 2.33. The topological polar surface area (TPSA) is 29.1 Å². The zero-order chi connectivity index (χ0) is 11.9. The summed E-state index contributed by atoms with van der Waals surface area (Å²) in [6.45, 7) is 2.19. The molecular weight excluding hydrogens is 266 g/mol. The van der Waals surface area contributed by atoms with Gasteiger partial charge in [-0.1, -0.05) is 55.0 Å². The normalized spacial score (nSPS) is 18.6. The van der Waals surface area contributed by atoms with Crippen molar-refractivity contribution in [2.75, 3.05) is 5.33 Å². The van der Waals surface area contributed by atoms with E-state index in [2.05, 4.69) is 28.2 Å². The van der Waals surface area contributed by atoms with Crippen LogP contribution in [-0.4, -0.2) is 16.8 Å². The van der Waals surface area contributed by atoms with E-state index >= 15 is 0 Å². The summed E-state index contributed by atoms with van der Waals surface area (Å²) >= 11 is 3.54. The zero-order valence-corrected chi connectivity index (χ0v) is 11.9. The second-order valence-electron chi connectivity index (χ2n) is 4.98. The van der Waals surface area contributed by atoms with Crippen LogP contribution in [0, 0.1) is 0 Å². The van der Waals surface area contributed by atoms with Crippen molar-refractivity contribution >= 4 is 21.8 Å². The Morgan fingerprint density at radius 3 is 2.50 bits per heavy atom. The van der Waals surface area contributed by atoms with Gasteiger partial charge in [-0.2, -0.15) is 0 Å². The molecule has 3 heteroatoms. The first kappa shape index (κ1) is 14.0. The molecule has 0 saturated heterocycles. The largest absolute Gasteiger partial charge is 0.350 e. The highest BCUT2D eigenvalue weighted by Crippen LogP contribution is 2.31. The van der Waals surface area contributed by atoms with E-state index in [1.807, 2.05) is 0 Å². The van der Waals surface area contributed by atoms with E-state index in [0.717, 1.165) is 24.6 Å². The Morgan fingerprint density at radius 1 is 1.25 bits per heavy atom. The van der Waals surface area contributed by atoms with Crippen LogP contribution in [0.25, 0.3) is 0 Å². The van der Waals surface area contributed by atoms with Crippen molar-refractivity contribution in [2.45, 2.75) is 70.3 Å². The van der Waals surface area contributed by atoms with Crippen LogP contribution in [0.3, 0.4) is 0 Å². The molecule has 0 spiro atoms. The van der Waals surface area contributed by atoms with Gasteiger partial charge in [0.15, 0.2) is 0 Å². The molecule has 0 aromatic rings. The van der Waals surface area contributed by atoms with Crippen LogP contribution < -0.4 is 5.32 Å². The molecule has 1 rings (SSSR count). The van der Waals surface area contributed by atoms with Crippen LogP contribution in [-0.2, 0) is 4.79 Å². The van der Waals surface area contributed by atoms with Gasteiger partial charge >= 0.3 is 0 Å². The maximum atomic E-state index is 11.8. The highest BCUT2D eigenvalue weighted by molar-refractivity contribution is 9.09. The second-order valence-corrected chi connectivity index (χ2v) is 5.54. The second kappa shape index (κ2) is 7.31. The smallest absolute Gasteiger partial charge is 0.220 e. The Labute approximate surface area is 108 Å². The van der Waals surface area contributed by atoms with Crippen LogP contribution in [0.2, 0.25) is 0 Å². The molecule has 1 aliphatic rings. The van der Waals surface area contributed by atoms with Crippen molar-refractivity contribution in [1.29, 1.82) is 0 Å². The number of carbonyl (C=O) groups is 1. The number of alkyl halides is 1. The van der Waals surface area contributed by atoms with Crippen molar-refractivity contribution in [3.8, 4) is 0 Å². The van der Waals surface area contributed by atoms with E-state index in [1.54, 1.807) is 0 Å². The Balaban J connectivity index is 2.21. The molecule has 1 amide bonds. The molecule has 0 atom stereocenters. The number of hydrogen-bond donors (Lipinski definition) is 1. The maximum Gasteiger partial charge on any atom is 0.220 e. The fraction of sp³-hybridized carbons (Fsp3) is 0.923. The molecule has 2 nitrogen and oxygen atoms in total. The predicted octanol–water partition coefficient (Wildman–Crippen LogP) is 3.78.